The van der Waals surface area contributed by atoms with Crippen LogP contribution in [-0.2, 0) is 11.8 Å². The molecule has 2 heteroatoms. The van der Waals surface area contributed by atoms with Gasteiger partial charge >= 0.3 is 0 Å². The van der Waals surface area contributed by atoms with Crippen molar-refractivity contribution in [3.8, 4) is 0 Å². The summed E-state index contributed by atoms with van der Waals surface area (Å²) in [4.78, 5) is 4.16. The van der Waals surface area contributed by atoms with Crippen LogP contribution in [0.2, 0.25) is 5.02 Å². The van der Waals surface area contributed by atoms with Crippen molar-refractivity contribution in [2.45, 2.75) is 38.5 Å². The fourth-order valence-corrected chi connectivity index (χ4v) is 2.39. The van der Waals surface area contributed by atoms with E-state index in [9.17, 15) is 0 Å². The van der Waals surface area contributed by atoms with Crippen molar-refractivity contribution in [1.29, 1.82) is 0 Å². The van der Waals surface area contributed by atoms with Gasteiger partial charge in [0.05, 0.1) is 5.02 Å². The van der Waals surface area contributed by atoms with E-state index in [-0.39, 0.29) is 5.41 Å². The molecule has 13 heavy (non-hydrogen) atoms. The fraction of sp³-hybridized carbons (Fsp3) is 0.545. The zero-order chi connectivity index (χ0) is 9.47. The molecule has 0 bridgehead atoms. The van der Waals surface area contributed by atoms with E-state index in [1.807, 2.05) is 6.20 Å². The first kappa shape index (κ1) is 9.01. The van der Waals surface area contributed by atoms with Gasteiger partial charge in [-0.3, -0.25) is 4.98 Å². The number of halogens is 1. The maximum atomic E-state index is 6.11. The van der Waals surface area contributed by atoms with Crippen molar-refractivity contribution in [1.82, 2.24) is 4.98 Å². The Hall–Kier alpha value is -0.560. The molecule has 0 radical (unpaired) electrons. The van der Waals surface area contributed by atoms with Crippen LogP contribution in [0.4, 0.5) is 0 Å². The predicted octanol–water partition coefficient (Wildman–Crippen LogP) is 3.35. The summed E-state index contributed by atoms with van der Waals surface area (Å²) in [5, 5.41) is 0.838. The molecule has 1 aromatic heterocycles. The number of nitrogens with zero attached hydrogens (tertiary/aromatic N) is 1. The molecule has 0 aromatic carbocycles. The van der Waals surface area contributed by atoms with Crippen molar-refractivity contribution >= 4 is 11.6 Å². The van der Waals surface area contributed by atoms with E-state index in [1.165, 1.54) is 24.0 Å². The molecular weight excluding hydrogens is 182 g/mol. The number of pyridine rings is 1. The van der Waals surface area contributed by atoms with E-state index in [4.69, 9.17) is 11.6 Å². The first-order valence-corrected chi connectivity index (χ1v) is 5.12. The summed E-state index contributed by atoms with van der Waals surface area (Å²) in [6, 6.07) is 0. The minimum atomic E-state index is 0.255. The van der Waals surface area contributed by atoms with Gasteiger partial charge < -0.3 is 0 Å². The average molecular weight is 196 g/mol. The Morgan fingerprint density at radius 1 is 1.38 bits per heavy atom. The minimum Gasteiger partial charge on any atom is -0.263 e. The zero-order valence-corrected chi connectivity index (χ0v) is 8.86. The number of aromatic nitrogens is 1. The van der Waals surface area contributed by atoms with E-state index in [0.29, 0.717) is 0 Å². The Balaban J connectivity index is 2.58. The molecule has 0 saturated carbocycles. The molecule has 0 saturated heterocycles. The first-order chi connectivity index (χ1) is 6.11. The second-order valence-electron chi connectivity index (χ2n) is 4.38. The molecule has 0 unspecified atom stereocenters. The Labute approximate surface area is 84.1 Å². The van der Waals surface area contributed by atoms with Gasteiger partial charge in [0, 0.05) is 12.4 Å². The van der Waals surface area contributed by atoms with Crippen LogP contribution in [0.5, 0.6) is 0 Å². The molecule has 1 aliphatic carbocycles. The van der Waals surface area contributed by atoms with Crippen LogP contribution in [0.1, 0.15) is 37.8 Å². The smallest absolute Gasteiger partial charge is 0.0624 e. The van der Waals surface area contributed by atoms with Crippen molar-refractivity contribution in [3.05, 3.63) is 28.5 Å². The largest absolute Gasteiger partial charge is 0.263 e. The summed E-state index contributed by atoms with van der Waals surface area (Å²) in [6.45, 7) is 4.53. The molecule has 0 N–H and O–H groups in total. The van der Waals surface area contributed by atoms with Gasteiger partial charge in [-0.25, -0.2) is 0 Å². The van der Waals surface area contributed by atoms with Crippen molar-refractivity contribution < 1.29 is 0 Å². The van der Waals surface area contributed by atoms with Gasteiger partial charge in [-0.15, -0.1) is 0 Å². The van der Waals surface area contributed by atoms with E-state index in [0.717, 1.165) is 11.4 Å². The van der Waals surface area contributed by atoms with Crippen LogP contribution in [-0.4, -0.2) is 4.98 Å². The zero-order valence-electron chi connectivity index (χ0n) is 8.10. The van der Waals surface area contributed by atoms with Gasteiger partial charge in [0.25, 0.3) is 0 Å². The molecule has 1 aliphatic rings. The van der Waals surface area contributed by atoms with Crippen LogP contribution < -0.4 is 0 Å². The van der Waals surface area contributed by atoms with Crippen molar-refractivity contribution in [3.63, 3.8) is 0 Å². The molecule has 1 heterocycles. The van der Waals surface area contributed by atoms with E-state index >= 15 is 0 Å². The Morgan fingerprint density at radius 3 is 2.85 bits per heavy atom. The maximum Gasteiger partial charge on any atom is 0.0624 e. The fourth-order valence-electron chi connectivity index (χ4n) is 2.14. The lowest BCUT2D eigenvalue weighted by Crippen LogP contribution is -2.24. The highest BCUT2D eigenvalue weighted by Gasteiger charge is 2.28. The van der Waals surface area contributed by atoms with Crippen LogP contribution in [0.15, 0.2) is 12.4 Å². The van der Waals surface area contributed by atoms with E-state index in [2.05, 4.69) is 18.8 Å². The van der Waals surface area contributed by atoms with Crippen LogP contribution in [0.3, 0.4) is 0 Å². The third-order valence-corrected chi connectivity index (χ3v) is 3.29. The third-order valence-electron chi connectivity index (χ3n) is 2.96. The van der Waals surface area contributed by atoms with Gasteiger partial charge in [-0.1, -0.05) is 25.4 Å². The van der Waals surface area contributed by atoms with Gasteiger partial charge in [0.1, 0.15) is 0 Å². The van der Waals surface area contributed by atoms with Crippen LogP contribution >= 0.6 is 11.6 Å². The molecular formula is C11H14ClN. The Morgan fingerprint density at radius 2 is 2.15 bits per heavy atom. The molecule has 0 spiro atoms. The molecule has 70 valence electrons. The van der Waals surface area contributed by atoms with Crippen LogP contribution in [0.25, 0.3) is 0 Å². The molecule has 0 fully saturated rings. The van der Waals surface area contributed by atoms with Crippen LogP contribution in [0, 0.1) is 0 Å². The molecule has 0 amide bonds. The summed E-state index contributed by atoms with van der Waals surface area (Å²) in [6.07, 6.45) is 7.31. The lowest BCUT2D eigenvalue weighted by atomic mass is 9.74. The monoisotopic (exact) mass is 195 g/mol. The lowest BCUT2D eigenvalue weighted by molar-refractivity contribution is 0.430. The lowest BCUT2D eigenvalue weighted by Gasteiger charge is -2.32. The summed E-state index contributed by atoms with van der Waals surface area (Å²) in [5.41, 5.74) is 2.91. The minimum absolute atomic E-state index is 0.255. The van der Waals surface area contributed by atoms with Gasteiger partial charge in [-0.2, -0.15) is 0 Å². The highest BCUT2D eigenvalue weighted by Crippen LogP contribution is 2.38. The molecule has 1 nitrogen and oxygen atoms in total. The summed E-state index contributed by atoms with van der Waals surface area (Å²) in [7, 11) is 0. The molecule has 0 atom stereocenters. The van der Waals surface area contributed by atoms with Crippen molar-refractivity contribution in [2.75, 3.05) is 0 Å². The maximum absolute atomic E-state index is 6.11. The quantitative estimate of drug-likeness (QED) is 0.619. The average Bonchev–Trinajstić information content (AvgIpc) is 2.06. The van der Waals surface area contributed by atoms with Gasteiger partial charge in [-0.05, 0) is 35.8 Å². The number of fused-ring (bicyclic) bond motifs is 1. The normalized spacial score (nSPS) is 19.6. The number of hydrogen-bond donors (Lipinski definition) is 0. The molecule has 1 aromatic rings. The second kappa shape index (κ2) is 2.98. The van der Waals surface area contributed by atoms with E-state index < -0.39 is 0 Å². The molecule has 0 aliphatic heterocycles. The highest BCUT2D eigenvalue weighted by atomic mass is 35.5. The second-order valence-corrected chi connectivity index (χ2v) is 4.79. The Kier molecular flexibility index (Phi) is 2.07. The Bertz CT molecular complexity index is 331. The summed E-state index contributed by atoms with van der Waals surface area (Å²) >= 11 is 6.11. The predicted molar refractivity (Wildman–Crippen MR) is 55.2 cm³/mol. The third kappa shape index (κ3) is 1.46. The topological polar surface area (TPSA) is 12.9 Å². The summed E-state index contributed by atoms with van der Waals surface area (Å²) in [5.74, 6) is 0. The van der Waals surface area contributed by atoms with E-state index in [1.54, 1.807) is 6.20 Å². The van der Waals surface area contributed by atoms with Gasteiger partial charge in [0.15, 0.2) is 0 Å². The van der Waals surface area contributed by atoms with Crippen molar-refractivity contribution in [2.24, 2.45) is 0 Å². The number of rotatable bonds is 0. The highest BCUT2D eigenvalue weighted by molar-refractivity contribution is 6.31. The van der Waals surface area contributed by atoms with Gasteiger partial charge in [0.2, 0.25) is 0 Å². The summed E-state index contributed by atoms with van der Waals surface area (Å²) < 4.78 is 0. The standard InChI is InChI=1S/C11H14ClN/c1-11(2)5-3-4-8-9(11)6-13-7-10(8)12/h6-7H,3-5H2,1-2H3. The molecule has 2 rings (SSSR count). The SMILES string of the molecule is CC1(C)CCCc2c(Cl)cncc21. The number of hydrogen-bond acceptors (Lipinski definition) is 1. The first-order valence-electron chi connectivity index (χ1n) is 4.74.